The Bertz CT molecular complexity index is 1990. The number of hydrogen-bond acceptors (Lipinski definition) is 13. The quantitative estimate of drug-likeness (QED) is 0.0485. The van der Waals surface area contributed by atoms with Gasteiger partial charge in [-0.15, -0.1) is 0 Å². The third-order valence-electron chi connectivity index (χ3n) is 11.8. The molecule has 14 nitrogen and oxygen atoms in total. The SMILES string of the molecule is CCCCCCCCO/N=C/c1cc2c3c4c(C)c(O)c2c(O)c1NC(=O)/C(C)=C\C=C\C(C)C(O)C(C)C(O)C(C)C(OC(C)=O)C(C)C(OC)/C=C/OC(C)(O4)C3=O. The molecule has 0 saturated carbocycles. The van der Waals surface area contributed by atoms with E-state index < -0.39 is 77.3 Å². The van der Waals surface area contributed by atoms with E-state index >= 15 is 0 Å². The molecule has 2 aromatic rings. The van der Waals surface area contributed by atoms with E-state index in [9.17, 15) is 34.8 Å². The number of amides is 1. The fourth-order valence-corrected chi connectivity index (χ4v) is 7.87. The number of aliphatic hydroxyl groups excluding tert-OH is 2. The van der Waals surface area contributed by atoms with Gasteiger partial charge in [0.25, 0.3) is 11.7 Å². The maximum atomic E-state index is 14.4. The average molecular weight is 837 g/mol. The fourth-order valence-electron chi connectivity index (χ4n) is 7.87. The van der Waals surface area contributed by atoms with Gasteiger partial charge < -0.3 is 49.5 Å². The van der Waals surface area contributed by atoms with E-state index in [0.717, 1.165) is 32.1 Å². The van der Waals surface area contributed by atoms with Gasteiger partial charge in [-0.05, 0) is 38.8 Å². The Morgan fingerprint density at radius 3 is 2.32 bits per heavy atom. The number of hydrogen-bond donors (Lipinski definition) is 5. The van der Waals surface area contributed by atoms with Crippen LogP contribution < -0.4 is 10.1 Å². The minimum atomic E-state index is -1.94. The molecule has 5 N–H and O–H groups in total. The van der Waals surface area contributed by atoms with Gasteiger partial charge in [0.15, 0.2) is 5.75 Å². The van der Waals surface area contributed by atoms with Crippen molar-refractivity contribution < 1.29 is 58.6 Å². The van der Waals surface area contributed by atoms with Crippen molar-refractivity contribution in [1.29, 1.82) is 0 Å². The number of esters is 1. The molecule has 3 aliphatic rings. The Labute approximate surface area is 353 Å². The number of allylic oxidation sites excluding steroid dienone is 2. The van der Waals surface area contributed by atoms with Crippen molar-refractivity contribution in [3.8, 4) is 17.2 Å². The summed E-state index contributed by atoms with van der Waals surface area (Å²) in [7, 11) is 1.46. The van der Waals surface area contributed by atoms with Crippen molar-refractivity contribution >= 4 is 40.3 Å². The summed E-state index contributed by atoms with van der Waals surface area (Å²) in [5.74, 6) is -6.95. The molecule has 0 spiro atoms. The van der Waals surface area contributed by atoms with Crippen molar-refractivity contribution in [2.75, 3.05) is 19.0 Å². The number of anilines is 1. The van der Waals surface area contributed by atoms with Gasteiger partial charge in [0.2, 0.25) is 0 Å². The zero-order valence-electron chi connectivity index (χ0n) is 36.6. The van der Waals surface area contributed by atoms with Crippen molar-refractivity contribution in [2.45, 2.75) is 131 Å². The number of fused-ring (bicyclic) bond motifs is 14. The molecule has 3 heterocycles. The van der Waals surface area contributed by atoms with E-state index in [1.54, 1.807) is 52.8 Å². The van der Waals surface area contributed by atoms with E-state index in [2.05, 4.69) is 17.4 Å². The van der Waals surface area contributed by atoms with Crippen LogP contribution in [0.25, 0.3) is 10.8 Å². The van der Waals surface area contributed by atoms with E-state index in [-0.39, 0.29) is 50.2 Å². The van der Waals surface area contributed by atoms with E-state index in [4.69, 9.17) is 23.8 Å². The Hall–Kier alpha value is -4.92. The van der Waals surface area contributed by atoms with Crippen molar-refractivity contribution in [1.82, 2.24) is 0 Å². The summed E-state index contributed by atoms with van der Waals surface area (Å²) < 4.78 is 23.7. The second kappa shape index (κ2) is 21.0. The number of carbonyl (C=O) groups is 3. The Morgan fingerprint density at radius 2 is 1.65 bits per heavy atom. The second-order valence-corrected chi connectivity index (χ2v) is 16.3. The number of ether oxygens (including phenoxy) is 4. The first-order chi connectivity index (χ1) is 28.4. The number of Topliss-reactive ketones (excluding diaryl/α,β-unsaturated/α-hetero) is 1. The van der Waals surface area contributed by atoms with Crippen LogP contribution in [0.3, 0.4) is 0 Å². The number of phenolic OH excluding ortho intramolecular Hbond substituents is 2. The molecular formula is C46H64N2O12. The third kappa shape index (κ3) is 10.7. The summed E-state index contributed by atoms with van der Waals surface area (Å²) in [6.07, 6.45) is 11.5. The molecular weight excluding hydrogens is 773 g/mol. The first-order valence-corrected chi connectivity index (χ1v) is 20.9. The standard InChI is InChI=1S/C46H64N2O12/c1-11-12-13-14-15-16-21-58-47-24-32-23-33-35-40(52)30(7)43-36(33)44(54)46(9,60-43)57-22-20-34(56-10)27(4)42(59-31(8)49)29(6)39(51)28(5)38(50)25(2)18-17-19-26(3)45(55)48-37(32)41(35)53/h17-20,22-25,27-29,34,38-39,42,50-53H,11-16,21H2,1-10H3,(H,48,55)/b18-17+,22-20+,26-19-,47-24+. The van der Waals surface area contributed by atoms with Crippen molar-refractivity contribution in [3.63, 3.8) is 0 Å². The molecule has 0 aromatic heterocycles. The van der Waals surface area contributed by atoms with Crippen LogP contribution in [-0.4, -0.2) is 88.2 Å². The Morgan fingerprint density at radius 1 is 0.967 bits per heavy atom. The number of rotatable bonds is 11. The predicted molar refractivity (Wildman–Crippen MR) is 229 cm³/mol. The normalized spacial score (nSPS) is 29.8. The predicted octanol–water partition coefficient (Wildman–Crippen LogP) is 7.76. The zero-order chi connectivity index (χ0) is 44.5. The van der Waals surface area contributed by atoms with Gasteiger partial charge in [-0.3, -0.25) is 14.4 Å². The lowest BCUT2D eigenvalue weighted by Crippen LogP contribution is -2.46. The van der Waals surface area contributed by atoms with Crippen LogP contribution in [0, 0.1) is 30.6 Å². The Balaban J connectivity index is 1.86. The molecule has 14 heteroatoms. The number of oxime groups is 1. The molecule has 5 bridgehead atoms. The minimum absolute atomic E-state index is 0.0301. The highest BCUT2D eigenvalue weighted by Gasteiger charge is 2.49. The lowest BCUT2D eigenvalue weighted by molar-refractivity contribution is -0.160. The minimum Gasteiger partial charge on any atom is -0.507 e. The number of phenols is 2. The molecule has 9 atom stereocenters. The van der Waals surface area contributed by atoms with Crippen molar-refractivity contribution in [2.24, 2.45) is 28.8 Å². The van der Waals surface area contributed by atoms with Gasteiger partial charge in [0, 0.05) is 66.7 Å². The summed E-state index contributed by atoms with van der Waals surface area (Å²) in [6, 6.07) is 1.51. The van der Waals surface area contributed by atoms with Crippen LogP contribution in [0.2, 0.25) is 0 Å². The number of nitrogens with one attached hydrogen (secondary N) is 1. The molecule has 9 unspecified atom stereocenters. The van der Waals surface area contributed by atoms with E-state index in [1.807, 2.05) is 0 Å². The smallest absolute Gasteiger partial charge is 0.312 e. The number of aliphatic hydroxyl groups is 2. The summed E-state index contributed by atoms with van der Waals surface area (Å²) in [5, 5.41) is 53.1. The van der Waals surface area contributed by atoms with Crippen LogP contribution in [0.5, 0.6) is 17.2 Å². The molecule has 0 fully saturated rings. The van der Waals surface area contributed by atoms with E-state index in [1.165, 1.54) is 58.9 Å². The third-order valence-corrected chi connectivity index (χ3v) is 11.8. The maximum Gasteiger partial charge on any atom is 0.312 e. The van der Waals surface area contributed by atoms with Gasteiger partial charge in [0.1, 0.15) is 24.2 Å². The molecule has 2 aromatic carbocycles. The van der Waals surface area contributed by atoms with Crippen LogP contribution in [0.15, 0.2) is 47.4 Å². The molecule has 330 valence electrons. The summed E-state index contributed by atoms with van der Waals surface area (Å²) in [5.41, 5.74) is 0.509. The van der Waals surface area contributed by atoms with Gasteiger partial charge in [-0.1, -0.05) is 83.7 Å². The van der Waals surface area contributed by atoms with Crippen molar-refractivity contribution in [3.05, 3.63) is 58.9 Å². The number of carbonyl (C=O) groups excluding carboxylic acids is 3. The van der Waals surface area contributed by atoms with Gasteiger partial charge in [0.05, 0.1) is 47.4 Å². The fraction of sp³-hybridized carbons (Fsp3) is 0.565. The zero-order valence-corrected chi connectivity index (χ0v) is 36.6. The molecule has 0 saturated heterocycles. The monoisotopic (exact) mass is 836 g/mol. The summed E-state index contributed by atoms with van der Waals surface area (Å²) in [4.78, 5) is 45.9. The molecule has 60 heavy (non-hydrogen) atoms. The molecule has 1 amide bonds. The first-order valence-electron chi connectivity index (χ1n) is 20.9. The Kier molecular flexibility index (Phi) is 16.8. The highest BCUT2D eigenvalue weighted by atomic mass is 16.7. The topological polar surface area (TPSA) is 203 Å². The number of methoxy groups -OCH3 is 1. The summed E-state index contributed by atoms with van der Waals surface area (Å²) in [6.45, 7) is 15.3. The van der Waals surface area contributed by atoms with Crippen LogP contribution >= 0.6 is 0 Å². The lowest BCUT2D eigenvalue weighted by atomic mass is 9.78. The van der Waals surface area contributed by atoms with Gasteiger partial charge >= 0.3 is 11.8 Å². The molecule has 3 aliphatic heterocycles. The highest BCUT2D eigenvalue weighted by Crippen LogP contribution is 2.51. The number of ketones is 1. The lowest BCUT2D eigenvalue weighted by Gasteiger charge is -2.38. The second-order valence-electron chi connectivity index (χ2n) is 16.3. The van der Waals surface area contributed by atoms with Crippen LogP contribution in [0.4, 0.5) is 5.69 Å². The molecule has 5 rings (SSSR count). The number of nitrogens with zero attached hydrogens (tertiary/aromatic N) is 1. The van der Waals surface area contributed by atoms with Crippen LogP contribution in [-0.2, 0) is 28.6 Å². The first kappa shape index (κ1) is 47.8. The number of benzene rings is 2. The largest absolute Gasteiger partial charge is 0.507 e. The summed E-state index contributed by atoms with van der Waals surface area (Å²) >= 11 is 0. The molecule has 0 radical (unpaired) electrons. The highest BCUT2D eigenvalue weighted by molar-refractivity contribution is 6.21. The molecule has 0 aliphatic carbocycles. The maximum absolute atomic E-state index is 14.4. The number of unbranched alkanes of at least 4 members (excludes halogenated alkanes) is 5. The van der Waals surface area contributed by atoms with Gasteiger partial charge in [-0.25, -0.2) is 0 Å². The number of aromatic hydroxyl groups is 2. The van der Waals surface area contributed by atoms with Crippen LogP contribution in [0.1, 0.15) is 115 Å². The van der Waals surface area contributed by atoms with Gasteiger partial charge in [-0.2, -0.15) is 0 Å². The average Bonchev–Trinajstić information content (AvgIpc) is 3.48. The van der Waals surface area contributed by atoms with E-state index in [0.29, 0.717) is 6.61 Å².